The topological polar surface area (TPSA) is 108 Å². The molecule has 0 aliphatic carbocycles. The van der Waals surface area contributed by atoms with Gasteiger partial charge in [-0.2, -0.15) is 0 Å². The third kappa shape index (κ3) is 3.77. The van der Waals surface area contributed by atoms with E-state index in [0.29, 0.717) is 5.69 Å². The van der Waals surface area contributed by atoms with Gasteiger partial charge >= 0.3 is 0 Å². The Bertz CT molecular complexity index is 1400. The van der Waals surface area contributed by atoms with Crippen LogP contribution >= 0.6 is 0 Å². The molecule has 0 bridgehead atoms. The predicted molar refractivity (Wildman–Crippen MR) is 113 cm³/mol. The summed E-state index contributed by atoms with van der Waals surface area (Å²) in [4.78, 5) is 25.5. The van der Waals surface area contributed by atoms with Gasteiger partial charge in [0.05, 0.1) is 17.6 Å². The molecule has 1 aliphatic rings. The number of fused-ring (bicyclic) bond motifs is 2. The summed E-state index contributed by atoms with van der Waals surface area (Å²) in [6.45, 7) is 2.51. The lowest BCUT2D eigenvalue weighted by atomic mass is 9.96. The summed E-state index contributed by atoms with van der Waals surface area (Å²) in [6.07, 6.45) is -4.50. The maximum Gasteiger partial charge on any atom is 0.292 e. The van der Waals surface area contributed by atoms with Crippen LogP contribution in [0.25, 0.3) is 11.0 Å². The van der Waals surface area contributed by atoms with E-state index in [2.05, 4.69) is 15.0 Å². The van der Waals surface area contributed by atoms with E-state index in [1.165, 1.54) is 32.3 Å². The number of halogens is 4. The highest BCUT2D eigenvalue weighted by Gasteiger charge is 2.43. The number of H-pyrrole nitrogens is 1. The number of aromatic amines is 1. The molecule has 0 saturated carbocycles. The van der Waals surface area contributed by atoms with Crippen LogP contribution in [0.4, 0.5) is 17.6 Å². The zero-order valence-corrected chi connectivity index (χ0v) is 18.6. The normalized spacial score (nSPS) is 16.5. The van der Waals surface area contributed by atoms with Crippen molar-refractivity contribution in [1.82, 2.24) is 19.9 Å². The van der Waals surface area contributed by atoms with Crippen LogP contribution < -0.4 is 0 Å². The SMILES string of the molecule is CC(C)(O)c1nc(C(F)F)c(C(=O)N2CCc3[nH]cnc3[C@@H]2c2oc3ccccc3c2C(F)F)o1. The summed E-state index contributed by atoms with van der Waals surface area (Å²) >= 11 is 0. The van der Waals surface area contributed by atoms with Gasteiger partial charge in [0, 0.05) is 24.0 Å². The number of benzene rings is 1. The standard InChI is InChI=1S/C23H20F4N4O4/c1-23(2,33)22-30-15(20(26)27)18(35-22)21(32)31-8-7-11-14(29-9-28-11)16(31)17-13(19(24)25)10-5-3-4-6-12(10)34-17/h3-6,9,16,19-20,33H,7-8H2,1-2H3,(H,28,29)/t16-/m1/s1. The first-order valence-corrected chi connectivity index (χ1v) is 10.7. The first-order chi connectivity index (χ1) is 16.6. The Balaban J connectivity index is 1.69. The summed E-state index contributed by atoms with van der Waals surface area (Å²) in [5, 5.41) is 10.3. The number of amides is 1. The largest absolute Gasteiger partial charge is 0.458 e. The molecule has 1 aliphatic heterocycles. The maximum atomic E-state index is 14.3. The van der Waals surface area contributed by atoms with Crippen LogP contribution in [0.2, 0.25) is 0 Å². The molecule has 3 aromatic heterocycles. The summed E-state index contributed by atoms with van der Waals surface area (Å²) in [5.41, 5.74) is -2.05. The first-order valence-electron chi connectivity index (χ1n) is 10.7. The van der Waals surface area contributed by atoms with E-state index in [1.54, 1.807) is 12.1 Å². The average Bonchev–Trinajstić information content (AvgIpc) is 3.53. The van der Waals surface area contributed by atoms with Crippen LogP contribution in [0.3, 0.4) is 0 Å². The van der Waals surface area contributed by atoms with E-state index in [0.717, 1.165) is 4.90 Å². The number of hydrogen-bond donors (Lipinski definition) is 2. The number of para-hydroxylation sites is 1. The first kappa shape index (κ1) is 23.1. The maximum absolute atomic E-state index is 14.3. The smallest absolute Gasteiger partial charge is 0.292 e. The number of imidazole rings is 1. The number of aromatic nitrogens is 3. The highest BCUT2D eigenvalue weighted by molar-refractivity contribution is 5.93. The van der Waals surface area contributed by atoms with E-state index in [-0.39, 0.29) is 35.4 Å². The van der Waals surface area contributed by atoms with Gasteiger partial charge in [-0.3, -0.25) is 4.79 Å². The van der Waals surface area contributed by atoms with Crippen molar-refractivity contribution < 1.29 is 36.3 Å². The fraction of sp³-hybridized carbons (Fsp3) is 0.348. The van der Waals surface area contributed by atoms with Crippen LogP contribution in [0.5, 0.6) is 0 Å². The van der Waals surface area contributed by atoms with Crippen LogP contribution in [0, 0.1) is 0 Å². The molecule has 5 rings (SSSR count). The van der Waals surface area contributed by atoms with Crippen LogP contribution in [-0.2, 0) is 12.0 Å². The molecule has 35 heavy (non-hydrogen) atoms. The number of alkyl halides is 4. The molecule has 12 heteroatoms. The molecular formula is C23H20F4N4O4. The lowest BCUT2D eigenvalue weighted by Crippen LogP contribution is -2.41. The number of rotatable bonds is 5. The monoisotopic (exact) mass is 492 g/mol. The van der Waals surface area contributed by atoms with E-state index in [9.17, 15) is 27.5 Å². The van der Waals surface area contributed by atoms with Crippen molar-refractivity contribution in [3.63, 3.8) is 0 Å². The number of aliphatic hydroxyl groups is 1. The van der Waals surface area contributed by atoms with Gasteiger partial charge < -0.3 is 23.8 Å². The van der Waals surface area contributed by atoms with Gasteiger partial charge in [0.1, 0.15) is 23.0 Å². The lowest BCUT2D eigenvalue weighted by molar-refractivity contribution is 0.0436. The van der Waals surface area contributed by atoms with Crippen LogP contribution in [-0.4, -0.2) is 37.4 Å². The molecule has 8 nitrogen and oxygen atoms in total. The lowest BCUT2D eigenvalue weighted by Gasteiger charge is -2.33. The van der Waals surface area contributed by atoms with Gasteiger partial charge in [-0.1, -0.05) is 18.2 Å². The molecule has 4 aromatic rings. The highest BCUT2D eigenvalue weighted by Crippen LogP contribution is 2.44. The fourth-order valence-electron chi connectivity index (χ4n) is 4.30. The van der Waals surface area contributed by atoms with Gasteiger partial charge in [-0.05, 0) is 19.9 Å². The van der Waals surface area contributed by atoms with Crippen molar-refractivity contribution in [2.45, 2.75) is 44.8 Å². The van der Waals surface area contributed by atoms with Crippen molar-refractivity contribution in [3.8, 4) is 0 Å². The van der Waals surface area contributed by atoms with Gasteiger partial charge in [0.2, 0.25) is 11.7 Å². The minimum absolute atomic E-state index is 0.0281. The van der Waals surface area contributed by atoms with Crippen molar-refractivity contribution in [2.75, 3.05) is 6.54 Å². The second-order valence-corrected chi connectivity index (χ2v) is 8.69. The van der Waals surface area contributed by atoms with Crippen molar-refractivity contribution in [2.24, 2.45) is 0 Å². The molecular weight excluding hydrogens is 472 g/mol. The highest BCUT2D eigenvalue weighted by atomic mass is 19.3. The van der Waals surface area contributed by atoms with Gasteiger partial charge in [-0.25, -0.2) is 27.5 Å². The summed E-state index contributed by atoms with van der Waals surface area (Å²) in [7, 11) is 0. The molecule has 1 amide bonds. The Hall–Kier alpha value is -3.67. The molecule has 4 heterocycles. The Morgan fingerprint density at radius 3 is 2.63 bits per heavy atom. The van der Waals surface area contributed by atoms with Crippen LogP contribution in [0.15, 0.2) is 39.4 Å². The van der Waals surface area contributed by atoms with Gasteiger partial charge in [0.15, 0.2) is 5.69 Å². The molecule has 1 aromatic carbocycles. The number of hydrogen-bond acceptors (Lipinski definition) is 6. The second kappa shape index (κ2) is 8.22. The molecule has 2 N–H and O–H groups in total. The fourth-order valence-corrected chi connectivity index (χ4v) is 4.30. The van der Waals surface area contributed by atoms with Gasteiger partial charge in [0.25, 0.3) is 18.8 Å². The third-order valence-electron chi connectivity index (χ3n) is 5.89. The van der Waals surface area contributed by atoms with E-state index < -0.39 is 53.3 Å². The Kier molecular flexibility index (Phi) is 5.42. The van der Waals surface area contributed by atoms with E-state index in [4.69, 9.17) is 8.83 Å². The molecule has 0 radical (unpaired) electrons. The van der Waals surface area contributed by atoms with Gasteiger partial charge in [-0.15, -0.1) is 0 Å². The van der Waals surface area contributed by atoms with Crippen LogP contribution in [0.1, 0.15) is 77.6 Å². The predicted octanol–water partition coefficient (Wildman–Crippen LogP) is 5.03. The van der Waals surface area contributed by atoms with E-state index >= 15 is 0 Å². The zero-order valence-electron chi connectivity index (χ0n) is 18.6. The summed E-state index contributed by atoms with van der Waals surface area (Å²) in [5.74, 6) is -2.48. The number of nitrogens with one attached hydrogen (secondary N) is 1. The minimum atomic E-state index is -3.18. The molecule has 0 unspecified atom stereocenters. The third-order valence-corrected chi connectivity index (χ3v) is 5.89. The molecule has 0 spiro atoms. The molecule has 184 valence electrons. The molecule has 0 fully saturated rings. The molecule has 1 atom stereocenters. The Morgan fingerprint density at radius 2 is 1.94 bits per heavy atom. The number of oxazole rings is 1. The average molecular weight is 492 g/mol. The quantitative estimate of drug-likeness (QED) is 0.378. The number of nitrogens with zero attached hydrogens (tertiary/aromatic N) is 3. The van der Waals surface area contributed by atoms with E-state index in [1.807, 2.05) is 0 Å². The summed E-state index contributed by atoms with van der Waals surface area (Å²) < 4.78 is 67.2. The molecule has 0 saturated heterocycles. The Labute approximate surface area is 195 Å². The number of furan rings is 1. The zero-order chi connectivity index (χ0) is 25.1. The number of carbonyl (C=O) groups excluding carboxylic acids is 1. The second-order valence-electron chi connectivity index (χ2n) is 8.69. The van der Waals surface area contributed by atoms with Crippen molar-refractivity contribution in [3.05, 3.63) is 70.6 Å². The van der Waals surface area contributed by atoms with Crippen molar-refractivity contribution >= 4 is 16.9 Å². The number of carbonyl (C=O) groups is 1. The Morgan fingerprint density at radius 1 is 1.20 bits per heavy atom. The minimum Gasteiger partial charge on any atom is -0.458 e. The van der Waals surface area contributed by atoms with Crippen molar-refractivity contribution in [1.29, 1.82) is 0 Å². The summed E-state index contributed by atoms with van der Waals surface area (Å²) in [6, 6.07) is 4.96.